The van der Waals surface area contributed by atoms with Crippen LogP contribution in [-0.4, -0.2) is 29.2 Å². The van der Waals surface area contributed by atoms with Crippen LogP contribution in [0, 0.1) is 0 Å². The average molecular weight is 221 g/mol. The van der Waals surface area contributed by atoms with E-state index in [1.165, 1.54) is 5.56 Å². The van der Waals surface area contributed by atoms with Crippen molar-refractivity contribution < 1.29 is 4.74 Å². The Bertz CT molecular complexity index is 318. The molecule has 0 spiro atoms. The Morgan fingerprint density at radius 2 is 1.88 bits per heavy atom. The topological polar surface area (TPSA) is 47.0 Å². The highest BCUT2D eigenvalue weighted by atomic mass is 16.5. The lowest BCUT2D eigenvalue weighted by atomic mass is 10.1. The van der Waals surface area contributed by atoms with Gasteiger partial charge in [0.1, 0.15) is 0 Å². The van der Waals surface area contributed by atoms with Crippen molar-refractivity contribution in [2.45, 2.75) is 38.6 Å². The Morgan fingerprint density at radius 3 is 2.44 bits per heavy atom. The maximum Gasteiger partial charge on any atom is 0.222 e. The van der Waals surface area contributed by atoms with Crippen LogP contribution < -0.4 is 5.32 Å². The molecule has 1 aliphatic rings. The summed E-state index contributed by atoms with van der Waals surface area (Å²) in [6.45, 7) is 5.96. The average Bonchev–Trinajstić information content (AvgIpc) is 2.31. The third-order valence-corrected chi connectivity index (χ3v) is 2.89. The largest absolute Gasteiger partial charge is 0.381 e. The van der Waals surface area contributed by atoms with Crippen LogP contribution in [0.2, 0.25) is 0 Å². The zero-order chi connectivity index (χ0) is 11.4. The molecular formula is C12H19N3O. The Hall–Kier alpha value is -1.16. The van der Waals surface area contributed by atoms with Crippen molar-refractivity contribution >= 4 is 5.95 Å². The van der Waals surface area contributed by atoms with E-state index in [0.717, 1.165) is 32.0 Å². The Labute approximate surface area is 96.4 Å². The van der Waals surface area contributed by atoms with Crippen LogP contribution in [0.15, 0.2) is 12.4 Å². The summed E-state index contributed by atoms with van der Waals surface area (Å²) in [5.74, 6) is 1.22. The molecule has 0 bridgehead atoms. The maximum absolute atomic E-state index is 5.31. The van der Waals surface area contributed by atoms with Crippen LogP contribution in [0.25, 0.3) is 0 Å². The first-order valence-electron chi connectivity index (χ1n) is 5.92. The molecule has 0 unspecified atom stereocenters. The number of anilines is 1. The number of nitrogens with zero attached hydrogens (tertiary/aromatic N) is 2. The van der Waals surface area contributed by atoms with Gasteiger partial charge < -0.3 is 10.1 Å². The second kappa shape index (κ2) is 5.25. The summed E-state index contributed by atoms with van der Waals surface area (Å²) in [6, 6.07) is 0.457. The molecule has 0 aromatic carbocycles. The molecule has 1 fully saturated rings. The number of rotatable bonds is 3. The molecule has 1 aromatic rings. The van der Waals surface area contributed by atoms with E-state index < -0.39 is 0 Å². The first-order chi connectivity index (χ1) is 7.75. The molecule has 2 heterocycles. The second-order valence-electron chi connectivity index (χ2n) is 4.53. The minimum Gasteiger partial charge on any atom is -0.381 e. The van der Waals surface area contributed by atoms with E-state index in [1.54, 1.807) is 0 Å². The van der Waals surface area contributed by atoms with Crippen LogP contribution in [0.1, 0.15) is 38.2 Å². The smallest absolute Gasteiger partial charge is 0.222 e. The highest BCUT2D eigenvalue weighted by Gasteiger charge is 2.14. The van der Waals surface area contributed by atoms with Gasteiger partial charge in [-0.25, -0.2) is 9.97 Å². The van der Waals surface area contributed by atoms with Gasteiger partial charge in [0.2, 0.25) is 5.95 Å². The number of aromatic nitrogens is 2. The van der Waals surface area contributed by atoms with Crippen LogP contribution in [0.5, 0.6) is 0 Å². The van der Waals surface area contributed by atoms with Gasteiger partial charge in [-0.3, -0.25) is 0 Å². The summed E-state index contributed by atoms with van der Waals surface area (Å²) in [6.07, 6.45) is 5.88. The van der Waals surface area contributed by atoms with E-state index in [4.69, 9.17) is 4.74 Å². The third-order valence-electron chi connectivity index (χ3n) is 2.89. The van der Waals surface area contributed by atoms with Crippen molar-refractivity contribution in [3.05, 3.63) is 18.0 Å². The van der Waals surface area contributed by atoms with E-state index >= 15 is 0 Å². The predicted molar refractivity (Wildman–Crippen MR) is 63.6 cm³/mol. The number of nitrogens with one attached hydrogen (secondary N) is 1. The summed E-state index contributed by atoms with van der Waals surface area (Å²) >= 11 is 0. The Balaban J connectivity index is 1.93. The van der Waals surface area contributed by atoms with Crippen molar-refractivity contribution in [3.63, 3.8) is 0 Å². The van der Waals surface area contributed by atoms with Gasteiger partial charge in [-0.15, -0.1) is 0 Å². The van der Waals surface area contributed by atoms with Gasteiger partial charge in [0, 0.05) is 31.6 Å². The van der Waals surface area contributed by atoms with Gasteiger partial charge in [-0.2, -0.15) is 0 Å². The van der Waals surface area contributed by atoms with Gasteiger partial charge in [-0.05, 0) is 24.3 Å². The first-order valence-corrected chi connectivity index (χ1v) is 5.92. The molecule has 1 aliphatic heterocycles. The standard InChI is InChI=1S/C12H19N3O/c1-9(2)10-7-13-12(14-8-10)15-11-3-5-16-6-4-11/h7-9,11H,3-6H2,1-2H3,(H,13,14,15). The molecular weight excluding hydrogens is 202 g/mol. The van der Waals surface area contributed by atoms with E-state index in [-0.39, 0.29) is 0 Å². The molecule has 2 rings (SSSR count). The minimum absolute atomic E-state index is 0.457. The first kappa shape index (κ1) is 11.3. The van der Waals surface area contributed by atoms with E-state index in [0.29, 0.717) is 12.0 Å². The van der Waals surface area contributed by atoms with E-state index in [1.807, 2.05) is 12.4 Å². The summed E-state index contributed by atoms with van der Waals surface area (Å²) < 4.78 is 5.31. The van der Waals surface area contributed by atoms with E-state index in [2.05, 4.69) is 29.1 Å². The van der Waals surface area contributed by atoms with Gasteiger partial charge in [0.15, 0.2) is 0 Å². The fourth-order valence-electron chi connectivity index (χ4n) is 1.74. The van der Waals surface area contributed by atoms with Gasteiger partial charge >= 0.3 is 0 Å². The SMILES string of the molecule is CC(C)c1cnc(NC2CCOCC2)nc1. The van der Waals surface area contributed by atoms with Crippen LogP contribution in [0.4, 0.5) is 5.95 Å². The van der Waals surface area contributed by atoms with Crippen LogP contribution in [0.3, 0.4) is 0 Å². The highest BCUT2D eigenvalue weighted by Crippen LogP contribution is 2.14. The third kappa shape index (κ3) is 2.92. The molecule has 0 atom stereocenters. The monoisotopic (exact) mass is 221 g/mol. The summed E-state index contributed by atoms with van der Waals surface area (Å²) in [5, 5.41) is 3.34. The molecule has 88 valence electrons. The summed E-state index contributed by atoms with van der Waals surface area (Å²) in [4.78, 5) is 8.66. The Kier molecular flexibility index (Phi) is 3.72. The normalized spacial score (nSPS) is 17.7. The number of ether oxygens (including phenoxy) is 1. The lowest BCUT2D eigenvalue weighted by molar-refractivity contribution is 0.0903. The highest BCUT2D eigenvalue weighted by molar-refractivity contribution is 5.27. The number of hydrogen-bond donors (Lipinski definition) is 1. The quantitative estimate of drug-likeness (QED) is 0.850. The molecule has 4 nitrogen and oxygen atoms in total. The zero-order valence-electron chi connectivity index (χ0n) is 9.94. The maximum atomic E-state index is 5.31. The van der Waals surface area contributed by atoms with Crippen molar-refractivity contribution in [1.82, 2.24) is 9.97 Å². The van der Waals surface area contributed by atoms with Gasteiger partial charge in [0.25, 0.3) is 0 Å². The van der Waals surface area contributed by atoms with E-state index in [9.17, 15) is 0 Å². The zero-order valence-corrected chi connectivity index (χ0v) is 9.94. The predicted octanol–water partition coefficient (Wildman–Crippen LogP) is 2.19. The summed E-state index contributed by atoms with van der Waals surface area (Å²) in [5.41, 5.74) is 1.18. The molecule has 1 aromatic heterocycles. The fourth-order valence-corrected chi connectivity index (χ4v) is 1.74. The lowest BCUT2D eigenvalue weighted by Crippen LogP contribution is -2.28. The van der Waals surface area contributed by atoms with Crippen molar-refractivity contribution in [2.24, 2.45) is 0 Å². The molecule has 0 saturated carbocycles. The Morgan fingerprint density at radius 1 is 1.25 bits per heavy atom. The minimum atomic E-state index is 0.457. The summed E-state index contributed by atoms with van der Waals surface area (Å²) in [7, 11) is 0. The second-order valence-corrected chi connectivity index (χ2v) is 4.53. The van der Waals surface area contributed by atoms with Crippen LogP contribution in [-0.2, 0) is 4.74 Å². The van der Waals surface area contributed by atoms with Crippen LogP contribution >= 0.6 is 0 Å². The molecule has 16 heavy (non-hydrogen) atoms. The lowest BCUT2D eigenvalue weighted by Gasteiger charge is -2.23. The molecule has 4 heteroatoms. The molecule has 1 N–H and O–H groups in total. The number of hydrogen-bond acceptors (Lipinski definition) is 4. The molecule has 0 aliphatic carbocycles. The molecule has 1 saturated heterocycles. The molecule has 0 amide bonds. The van der Waals surface area contributed by atoms with Crippen molar-refractivity contribution in [2.75, 3.05) is 18.5 Å². The fraction of sp³-hybridized carbons (Fsp3) is 0.667. The molecule has 0 radical (unpaired) electrons. The van der Waals surface area contributed by atoms with Gasteiger partial charge in [-0.1, -0.05) is 13.8 Å². The van der Waals surface area contributed by atoms with Gasteiger partial charge in [0.05, 0.1) is 0 Å². The van der Waals surface area contributed by atoms with Crippen molar-refractivity contribution in [3.8, 4) is 0 Å². The van der Waals surface area contributed by atoms with Crippen molar-refractivity contribution in [1.29, 1.82) is 0 Å².